The molecule has 2 atom stereocenters. The Labute approximate surface area is 203 Å². The number of hydrogen-bond donors (Lipinski definition) is 1. The van der Waals surface area contributed by atoms with E-state index in [1.54, 1.807) is 12.1 Å². The zero-order chi connectivity index (χ0) is 24.5. The van der Waals surface area contributed by atoms with E-state index >= 15 is 0 Å². The van der Waals surface area contributed by atoms with E-state index in [1.165, 1.54) is 28.4 Å². The minimum Gasteiger partial charge on any atom is -0.454 e. The highest BCUT2D eigenvalue weighted by Gasteiger charge is 2.24. The number of nitrogens with zero attached hydrogens (tertiary/aromatic N) is 1. The third-order valence-electron chi connectivity index (χ3n) is 6.38. The molecule has 2 unspecified atom stereocenters. The molecular formula is C26H32N2O5S. The molecule has 8 heteroatoms. The molecule has 1 aromatic heterocycles. The molecule has 4 rings (SSSR count). The fourth-order valence-corrected chi connectivity index (χ4v) is 5.24. The van der Waals surface area contributed by atoms with Crippen LogP contribution in [0.3, 0.4) is 0 Å². The zero-order valence-corrected chi connectivity index (χ0v) is 21.0. The van der Waals surface area contributed by atoms with Crippen molar-refractivity contribution in [2.45, 2.75) is 66.0 Å². The summed E-state index contributed by atoms with van der Waals surface area (Å²) in [5.74, 6) is 1.41. The van der Waals surface area contributed by atoms with Crippen LogP contribution in [0.2, 0.25) is 0 Å². The molecule has 0 radical (unpaired) electrons. The highest BCUT2D eigenvalue weighted by molar-refractivity contribution is 7.07. The molecule has 0 spiro atoms. The SMILES string of the molecule is CC1CCCCC1NC(=O)Cn1c(=CC(=O)C(C)(C)C)sc(=Cc2ccc3c(c2)OCO3)c1=O. The number of Topliss-reactive ketones (excluding diaryl/α,β-unsaturated/α-hetero) is 1. The Kier molecular flexibility index (Phi) is 6.98. The number of ketones is 1. The number of thiazole rings is 1. The van der Waals surface area contributed by atoms with Crippen LogP contribution in [-0.4, -0.2) is 29.1 Å². The molecule has 182 valence electrons. The second-order valence-electron chi connectivity index (χ2n) is 10.1. The van der Waals surface area contributed by atoms with Gasteiger partial charge in [-0.3, -0.25) is 19.0 Å². The van der Waals surface area contributed by atoms with Gasteiger partial charge in [0, 0.05) is 17.5 Å². The van der Waals surface area contributed by atoms with Crippen LogP contribution in [0.1, 0.15) is 58.9 Å². The number of ether oxygens (including phenoxy) is 2. The van der Waals surface area contributed by atoms with Crippen molar-refractivity contribution in [2.75, 3.05) is 6.79 Å². The van der Waals surface area contributed by atoms with Gasteiger partial charge >= 0.3 is 0 Å². The lowest BCUT2D eigenvalue weighted by Crippen LogP contribution is -2.45. The second-order valence-corrected chi connectivity index (χ2v) is 11.2. The summed E-state index contributed by atoms with van der Waals surface area (Å²) in [5, 5.41) is 3.11. The molecule has 2 heterocycles. The Hall–Kier alpha value is -2.87. The smallest absolute Gasteiger partial charge is 0.269 e. The van der Waals surface area contributed by atoms with Gasteiger partial charge in [-0.25, -0.2) is 0 Å². The van der Waals surface area contributed by atoms with Crippen LogP contribution in [0.25, 0.3) is 12.2 Å². The molecule has 1 amide bonds. The molecule has 0 bridgehead atoms. The van der Waals surface area contributed by atoms with Crippen molar-refractivity contribution in [3.8, 4) is 11.5 Å². The minimum absolute atomic E-state index is 0.0987. The third-order valence-corrected chi connectivity index (χ3v) is 7.44. The molecule has 34 heavy (non-hydrogen) atoms. The molecule has 1 aliphatic heterocycles. The van der Waals surface area contributed by atoms with Gasteiger partial charge < -0.3 is 14.8 Å². The lowest BCUT2D eigenvalue weighted by Gasteiger charge is -2.29. The number of amides is 1. The van der Waals surface area contributed by atoms with Gasteiger partial charge in [0.1, 0.15) is 11.2 Å². The molecule has 1 fully saturated rings. The van der Waals surface area contributed by atoms with Gasteiger partial charge in [0.15, 0.2) is 17.3 Å². The quantitative estimate of drug-likeness (QED) is 0.705. The van der Waals surface area contributed by atoms with Crippen LogP contribution < -0.4 is 29.5 Å². The van der Waals surface area contributed by atoms with E-state index in [1.807, 2.05) is 32.9 Å². The Morgan fingerprint density at radius 2 is 1.91 bits per heavy atom. The summed E-state index contributed by atoms with van der Waals surface area (Å²) in [7, 11) is 0. The predicted molar refractivity (Wildman–Crippen MR) is 132 cm³/mol. The number of rotatable bonds is 5. The first kappa shape index (κ1) is 24.3. The van der Waals surface area contributed by atoms with E-state index in [4.69, 9.17) is 9.47 Å². The van der Waals surface area contributed by atoms with E-state index in [0.717, 1.165) is 24.8 Å². The first-order valence-corrected chi connectivity index (χ1v) is 12.6. The normalized spacial score (nSPS) is 21.1. The Morgan fingerprint density at radius 1 is 1.18 bits per heavy atom. The molecule has 1 aliphatic carbocycles. The summed E-state index contributed by atoms with van der Waals surface area (Å²) in [6.07, 6.45) is 7.57. The van der Waals surface area contributed by atoms with Crippen LogP contribution >= 0.6 is 11.3 Å². The van der Waals surface area contributed by atoms with Crippen molar-refractivity contribution in [2.24, 2.45) is 11.3 Å². The topological polar surface area (TPSA) is 86.6 Å². The number of nitrogens with one attached hydrogen (secondary N) is 1. The average molecular weight is 485 g/mol. The van der Waals surface area contributed by atoms with Crippen LogP contribution in [0.4, 0.5) is 0 Å². The molecule has 2 aromatic rings. The van der Waals surface area contributed by atoms with E-state index in [-0.39, 0.29) is 36.6 Å². The van der Waals surface area contributed by atoms with Gasteiger partial charge in [-0.2, -0.15) is 0 Å². The minimum atomic E-state index is -0.591. The number of carbonyl (C=O) groups excluding carboxylic acids is 2. The lowest BCUT2D eigenvalue weighted by molar-refractivity contribution is -0.123. The Balaban J connectivity index is 1.70. The van der Waals surface area contributed by atoms with Crippen LogP contribution in [0.5, 0.6) is 11.5 Å². The third kappa shape index (κ3) is 5.43. The molecule has 0 saturated heterocycles. The van der Waals surface area contributed by atoms with Gasteiger partial charge in [-0.15, -0.1) is 11.3 Å². The molecule has 1 saturated carbocycles. The van der Waals surface area contributed by atoms with Crippen molar-refractivity contribution in [3.63, 3.8) is 0 Å². The second kappa shape index (κ2) is 9.78. The highest BCUT2D eigenvalue weighted by Crippen LogP contribution is 2.32. The van der Waals surface area contributed by atoms with Gasteiger partial charge in [0.2, 0.25) is 12.7 Å². The lowest BCUT2D eigenvalue weighted by atomic mass is 9.86. The fraction of sp³-hybridized carbons (Fsp3) is 0.500. The standard InChI is InChI=1S/C26H32N2O5S/c1-16-7-5-6-8-18(16)27-23(30)14-28-24(13-22(29)26(2,3)4)34-21(25(28)31)12-17-9-10-19-20(11-17)33-15-32-19/h9-13,16,18H,5-8,14-15H2,1-4H3,(H,27,30). The summed E-state index contributed by atoms with van der Waals surface area (Å²) >= 11 is 1.21. The van der Waals surface area contributed by atoms with Crippen molar-refractivity contribution < 1.29 is 19.1 Å². The first-order chi connectivity index (χ1) is 16.1. The maximum Gasteiger partial charge on any atom is 0.269 e. The maximum atomic E-state index is 13.3. The first-order valence-electron chi connectivity index (χ1n) is 11.8. The molecule has 1 N–H and O–H groups in total. The van der Waals surface area contributed by atoms with Crippen LogP contribution in [-0.2, 0) is 16.1 Å². The molecule has 1 aromatic carbocycles. The summed E-state index contributed by atoms with van der Waals surface area (Å²) < 4.78 is 13.1. The van der Waals surface area contributed by atoms with E-state index in [9.17, 15) is 14.4 Å². The maximum absolute atomic E-state index is 13.3. The van der Waals surface area contributed by atoms with E-state index in [2.05, 4.69) is 12.2 Å². The number of benzene rings is 1. The number of aromatic nitrogens is 1. The summed E-state index contributed by atoms with van der Waals surface area (Å²) in [6.45, 7) is 7.71. The van der Waals surface area contributed by atoms with E-state index < -0.39 is 5.41 Å². The Morgan fingerprint density at radius 3 is 2.65 bits per heavy atom. The summed E-state index contributed by atoms with van der Waals surface area (Å²) in [4.78, 5) is 39.0. The van der Waals surface area contributed by atoms with Crippen LogP contribution in [0.15, 0.2) is 23.0 Å². The van der Waals surface area contributed by atoms with Crippen molar-refractivity contribution in [1.29, 1.82) is 0 Å². The molecular weight excluding hydrogens is 452 g/mol. The number of hydrogen-bond acceptors (Lipinski definition) is 6. The van der Waals surface area contributed by atoms with E-state index in [0.29, 0.717) is 26.6 Å². The van der Waals surface area contributed by atoms with Crippen molar-refractivity contribution >= 4 is 35.2 Å². The monoisotopic (exact) mass is 484 g/mol. The van der Waals surface area contributed by atoms with Gasteiger partial charge in [0.05, 0.1) is 4.53 Å². The number of carbonyl (C=O) groups is 2. The largest absolute Gasteiger partial charge is 0.454 e. The molecule has 2 aliphatic rings. The van der Waals surface area contributed by atoms with Gasteiger partial charge in [-0.1, -0.05) is 46.6 Å². The highest BCUT2D eigenvalue weighted by atomic mass is 32.1. The van der Waals surface area contributed by atoms with Crippen molar-refractivity contribution in [3.05, 3.63) is 43.3 Å². The van der Waals surface area contributed by atoms with Gasteiger partial charge in [0.25, 0.3) is 5.56 Å². The average Bonchev–Trinajstić information content (AvgIpc) is 3.35. The molecule has 7 nitrogen and oxygen atoms in total. The van der Waals surface area contributed by atoms with Crippen LogP contribution in [0, 0.1) is 11.3 Å². The number of fused-ring (bicyclic) bond motifs is 1. The summed E-state index contributed by atoms with van der Waals surface area (Å²) in [6, 6.07) is 5.58. The fourth-order valence-electron chi connectivity index (χ4n) is 4.20. The van der Waals surface area contributed by atoms with Gasteiger partial charge in [-0.05, 0) is 42.5 Å². The zero-order valence-electron chi connectivity index (χ0n) is 20.2. The Bertz CT molecular complexity index is 1270. The summed E-state index contributed by atoms with van der Waals surface area (Å²) in [5.41, 5.74) is -0.0994. The van der Waals surface area contributed by atoms with Crippen molar-refractivity contribution in [1.82, 2.24) is 9.88 Å². The predicted octanol–water partition coefficient (Wildman–Crippen LogP) is 2.56.